The van der Waals surface area contributed by atoms with Crippen LogP contribution in [0.2, 0.25) is 0 Å². The molecule has 2 aliphatic rings. The van der Waals surface area contributed by atoms with Crippen molar-refractivity contribution in [1.82, 2.24) is 20.4 Å². The fourth-order valence-corrected chi connectivity index (χ4v) is 3.79. The minimum absolute atomic E-state index is 0.0132. The molecular formula is C20H32N4O3. The molecule has 0 unspecified atom stereocenters. The summed E-state index contributed by atoms with van der Waals surface area (Å²) >= 11 is 0. The number of amides is 2. The first kappa shape index (κ1) is 19.9. The summed E-state index contributed by atoms with van der Waals surface area (Å²) in [5.74, 6) is 0.339. The number of carbonyl (C=O) groups is 2. The van der Waals surface area contributed by atoms with Gasteiger partial charge in [-0.15, -0.1) is 0 Å². The quantitative estimate of drug-likeness (QED) is 0.764. The number of hydrogen-bond donors (Lipinski definition) is 2. The molecule has 0 radical (unpaired) electrons. The normalized spacial score (nSPS) is 22.9. The Morgan fingerprint density at radius 3 is 2.41 bits per heavy atom. The van der Waals surface area contributed by atoms with Crippen LogP contribution in [0.1, 0.15) is 81.9 Å². The summed E-state index contributed by atoms with van der Waals surface area (Å²) in [6.07, 6.45) is 4.77. The van der Waals surface area contributed by atoms with Crippen molar-refractivity contribution in [3.05, 3.63) is 17.5 Å². The summed E-state index contributed by atoms with van der Waals surface area (Å²) in [7, 11) is 1.81. The van der Waals surface area contributed by atoms with Gasteiger partial charge in [0, 0.05) is 25.0 Å². The number of carbonyl (C=O) groups excluding carboxylic acids is 2. The van der Waals surface area contributed by atoms with Gasteiger partial charge in [-0.25, -0.2) is 0 Å². The van der Waals surface area contributed by atoms with Crippen molar-refractivity contribution < 1.29 is 14.3 Å². The molecule has 2 fully saturated rings. The highest BCUT2D eigenvalue weighted by atomic mass is 16.5. The van der Waals surface area contributed by atoms with Crippen LogP contribution in [-0.2, 0) is 16.6 Å². The van der Waals surface area contributed by atoms with Gasteiger partial charge in [-0.1, -0.05) is 0 Å². The van der Waals surface area contributed by atoms with Gasteiger partial charge < -0.3 is 15.4 Å². The zero-order valence-electron chi connectivity index (χ0n) is 17.0. The van der Waals surface area contributed by atoms with Crippen LogP contribution < -0.4 is 10.6 Å². The van der Waals surface area contributed by atoms with Crippen LogP contribution in [0.5, 0.6) is 0 Å². The molecule has 2 saturated carbocycles. The van der Waals surface area contributed by atoms with Crippen LogP contribution in [0.4, 0.5) is 0 Å². The molecule has 2 aliphatic carbocycles. The number of ether oxygens (including phenoxy) is 1. The number of hydrogen-bond acceptors (Lipinski definition) is 4. The molecule has 150 valence electrons. The maximum atomic E-state index is 12.6. The van der Waals surface area contributed by atoms with E-state index >= 15 is 0 Å². The number of nitrogens with zero attached hydrogens (tertiary/aromatic N) is 2. The molecule has 0 aromatic carbocycles. The molecule has 1 aromatic rings. The van der Waals surface area contributed by atoms with Gasteiger partial charge >= 0.3 is 0 Å². The highest BCUT2D eigenvalue weighted by molar-refractivity contribution is 5.93. The standard InChI is InChI=1S/C20H32N4O3/c1-12(2)27-20(3,4)19(26)22-15-9-8-14(10-15)21-18(25)17-11-16(13-6-7-13)23-24(17)5/h11-15H,6-10H2,1-5H3,(H,21,25)(H,22,26)/t14-,15+/m0/s1. The second-order valence-corrected chi connectivity index (χ2v) is 8.68. The minimum atomic E-state index is -0.858. The molecule has 2 amide bonds. The molecule has 2 N–H and O–H groups in total. The third-order valence-electron chi connectivity index (χ3n) is 5.31. The molecule has 0 saturated heterocycles. The van der Waals surface area contributed by atoms with Crippen LogP contribution >= 0.6 is 0 Å². The van der Waals surface area contributed by atoms with E-state index in [1.165, 1.54) is 12.8 Å². The Morgan fingerprint density at radius 1 is 1.19 bits per heavy atom. The first-order chi connectivity index (χ1) is 12.7. The van der Waals surface area contributed by atoms with Crippen molar-refractivity contribution in [2.24, 2.45) is 7.05 Å². The molecular weight excluding hydrogens is 344 g/mol. The Hall–Kier alpha value is -1.89. The van der Waals surface area contributed by atoms with E-state index in [2.05, 4.69) is 15.7 Å². The smallest absolute Gasteiger partial charge is 0.269 e. The first-order valence-electron chi connectivity index (χ1n) is 9.99. The summed E-state index contributed by atoms with van der Waals surface area (Å²) in [6.45, 7) is 7.42. The SMILES string of the molecule is CC(C)OC(C)(C)C(=O)N[C@@H]1CC[C@H](NC(=O)c2cc(C3CC3)nn2C)C1. The van der Waals surface area contributed by atoms with E-state index in [9.17, 15) is 9.59 Å². The summed E-state index contributed by atoms with van der Waals surface area (Å²) < 4.78 is 7.38. The van der Waals surface area contributed by atoms with Gasteiger partial charge in [-0.3, -0.25) is 14.3 Å². The van der Waals surface area contributed by atoms with E-state index in [4.69, 9.17) is 4.74 Å². The van der Waals surface area contributed by atoms with Crippen molar-refractivity contribution in [3.63, 3.8) is 0 Å². The molecule has 0 bridgehead atoms. The van der Waals surface area contributed by atoms with Crippen molar-refractivity contribution >= 4 is 11.8 Å². The molecule has 3 rings (SSSR count). The molecule has 1 heterocycles. The van der Waals surface area contributed by atoms with Gasteiger partial charge in [0.2, 0.25) is 0 Å². The summed E-state index contributed by atoms with van der Waals surface area (Å²) in [6, 6.07) is 2.04. The van der Waals surface area contributed by atoms with Crippen molar-refractivity contribution in [2.75, 3.05) is 0 Å². The van der Waals surface area contributed by atoms with E-state index in [1.807, 2.05) is 27.0 Å². The van der Waals surface area contributed by atoms with E-state index in [1.54, 1.807) is 18.5 Å². The maximum absolute atomic E-state index is 12.6. The van der Waals surface area contributed by atoms with Gasteiger partial charge in [0.1, 0.15) is 11.3 Å². The summed E-state index contributed by atoms with van der Waals surface area (Å²) in [4.78, 5) is 25.1. The molecule has 7 heteroatoms. The first-order valence-corrected chi connectivity index (χ1v) is 9.99. The van der Waals surface area contributed by atoms with Crippen molar-refractivity contribution in [3.8, 4) is 0 Å². The summed E-state index contributed by atoms with van der Waals surface area (Å²) in [5, 5.41) is 10.6. The lowest BCUT2D eigenvalue weighted by molar-refractivity contribution is -0.148. The number of nitrogens with one attached hydrogen (secondary N) is 2. The van der Waals surface area contributed by atoms with Gasteiger partial charge in [0.15, 0.2) is 0 Å². The zero-order chi connectivity index (χ0) is 19.8. The van der Waals surface area contributed by atoms with E-state index in [0.29, 0.717) is 11.6 Å². The summed E-state index contributed by atoms with van der Waals surface area (Å²) in [5.41, 5.74) is 0.770. The van der Waals surface area contributed by atoms with Gasteiger partial charge in [-0.2, -0.15) is 5.10 Å². The minimum Gasteiger partial charge on any atom is -0.363 e. The number of rotatable bonds is 7. The second kappa shape index (κ2) is 7.62. The average molecular weight is 377 g/mol. The molecule has 1 aromatic heterocycles. The number of aromatic nitrogens is 2. The Morgan fingerprint density at radius 2 is 1.81 bits per heavy atom. The predicted molar refractivity (Wildman–Crippen MR) is 103 cm³/mol. The second-order valence-electron chi connectivity index (χ2n) is 8.68. The van der Waals surface area contributed by atoms with Crippen molar-refractivity contribution in [2.45, 2.75) is 89.5 Å². The molecule has 2 atom stereocenters. The lowest BCUT2D eigenvalue weighted by Gasteiger charge is -2.28. The lowest BCUT2D eigenvalue weighted by atomic mass is 10.1. The average Bonchev–Trinajstić information content (AvgIpc) is 3.20. The lowest BCUT2D eigenvalue weighted by Crippen LogP contribution is -2.49. The highest BCUT2D eigenvalue weighted by Gasteiger charge is 2.34. The van der Waals surface area contributed by atoms with E-state index < -0.39 is 5.60 Å². The zero-order valence-corrected chi connectivity index (χ0v) is 17.0. The van der Waals surface area contributed by atoms with Crippen LogP contribution in [0, 0.1) is 0 Å². The third-order valence-corrected chi connectivity index (χ3v) is 5.31. The maximum Gasteiger partial charge on any atom is 0.269 e. The van der Waals surface area contributed by atoms with Crippen LogP contribution in [0.15, 0.2) is 6.07 Å². The highest BCUT2D eigenvalue weighted by Crippen LogP contribution is 2.39. The fraction of sp³-hybridized carbons (Fsp3) is 0.750. The Balaban J connectivity index is 1.51. The predicted octanol–water partition coefficient (Wildman–Crippen LogP) is 2.27. The molecule has 7 nitrogen and oxygen atoms in total. The van der Waals surface area contributed by atoms with Crippen LogP contribution in [0.3, 0.4) is 0 Å². The molecule has 0 aliphatic heterocycles. The third kappa shape index (κ3) is 4.89. The molecule has 27 heavy (non-hydrogen) atoms. The number of aryl methyl sites for hydroxylation is 1. The van der Waals surface area contributed by atoms with E-state index in [-0.39, 0.29) is 30.0 Å². The van der Waals surface area contributed by atoms with Gasteiger partial charge in [-0.05, 0) is 65.9 Å². The topological polar surface area (TPSA) is 85.2 Å². The Labute approximate surface area is 161 Å². The van der Waals surface area contributed by atoms with Crippen LogP contribution in [-0.4, -0.2) is 45.4 Å². The fourth-order valence-electron chi connectivity index (χ4n) is 3.79. The van der Waals surface area contributed by atoms with Gasteiger partial charge in [0.25, 0.3) is 11.8 Å². The van der Waals surface area contributed by atoms with Crippen LogP contribution in [0.25, 0.3) is 0 Å². The Bertz CT molecular complexity index is 706. The molecule has 0 spiro atoms. The Kier molecular flexibility index (Phi) is 5.60. The van der Waals surface area contributed by atoms with E-state index in [0.717, 1.165) is 25.0 Å². The van der Waals surface area contributed by atoms with Gasteiger partial charge in [0.05, 0.1) is 11.8 Å². The monoisotopic (exact) mass is 376 g/mol. The van der Waals surface area contributed by atoms with Crippen molar-refractivity contribution in [1.29, 1.82) is 0 Å². The largest absolute Gasteiger partial charge is 0.363 e.